The van der Waals surface area contributed by atoms with Gasteiger partial charge in [-0.15, -0.1) is 0 Å². The monoisotopic (exact) mass is 654 g/mol. The van der Waals surface area contributed by atoms with Crippen molar-refractivity contribution in [2.75, 3.05) is 19.7 Å². The largest absolute Gasteiger partial charge is 0.673 e. The first kappa shape index (κ1) is 32.2. The van der Waals surface area contributed by atoms with Crippen molar-refractivity contribution in [3.63, 3.8) is 0 Å². The second-order valence-corrected chi connectivity index (χ2v) is 12.7. The molecule has 9 heteroatoms. The van der Waals surface area contributed by atoms with E-state index in [4.69, 9.17) is 4.74 Å². The quantitative estimate of drug-likeness (QED) is 0.107. The second kappa shape index (κ2) is 13.6. The molecule has 4 aromatic carbocycles. The van der Waals surface area contributed by atoms with E-state index in [1.54, 1.807) is 12.1 Å². The Labute approximate surface area is 277 Å². The summed E-state index contributed by atoms with van der Waals surface area (Å²) in [4.78, 5) is 2.46. The number of ether oxygens (including phenoxy) is 1. The van der Waals surface area contributed by atoms with Crippen LogP contribution in [-0.4, -0.2) is 38.0 Å². The predicted molar refractivity (Wildman–Crippen MR) is 179 cm³/mol. The molecule has 0 bridgehead atoms. The summed E-state index contributed by atoms with van der Waals surface area (Å²) in [6, 6.07) is 36.0. The van der Waals surface area contributed by atoms with Gasteiger partial charge in [-0.3, -0.25) is 4.90 Å². The van der Waals surface area contributed by atoms with Gasteiger partial charge in [0.25, 0.3) is 0 Å². The molecule has 1 unspecified atom stereocenters. The van der Waals surface area contributed by atoms with Crippen molar-refractivity contribution < 1.29 is 31.0 Å². The zero-order chi connectivity index (χ0) is 33.3. The van der Waals surface area contributed by atoms with Crippen molar-refractivity contribution in [3.8, 4) is 33.6 Å². The molecule has 1 atom stereocenters. The van der Waals surface area contributed by atoms with Crippen LogP contribution >= 0.6 is 0 Å². The maximum absolute atomic E-state index is 13.6. The molecule has 0 saturated carbocycles. The summed E-state index contributed by atoms with van der Waals surface area (Å²) < 4.78 is 61.7. The van der Waals surface area contributed by atoms with Gasteiger partial charge in [0.15, 0.2) is 6.54 Å². The smallest absolute Gasteiger partial charge is 0.418 e. The molecule has 8 rings (SSSR count). The maximum atomic E-state index is 13.6. The summed E-state index contributed by atoms with van der Waals surface area (Å²) in [6.45, 7) is 4.03. The molecular weight excluding hydrogens is 618 g/mol. The summed E-state index contributed by atoms with van der Waals surface area (Å²) >= 11 is 0. The summed E-state index contributed by atoms with van der Waals surface area (Å²) in [5.74, 6) is -0.186. The average Bonchev–Trinajstić information content (AvgIpc) is 3.08. The minimum Gasteiger partial charge on any atom is -0.418 e. The number of aryl methyl sites for hydroxylation is 2. The van der Waals surface area contributed by atoms with Gasteiger partial charge < -0.3 is 22.0 Å². The number of pyridine rings is 1. The second-order valence-electron chi connectivity index (χ2n) is 12.7. The standard InChI is InChI=1S/C39H36FN2O.BF4/c40-31-18-14-27(15-19-31)24-41-22-23-43-32(25-41)26-42-38-33-12-6-4-8-28(33)16-20-35(38)37(30-10-2-1-3-11-30)36-21-17-29-9-5-7-13-34(29)39(36)42;2-1(3,4)5/h1-15,18-19,32H,16-17,20-26H2;/q+1;-1. The lowest BCUT2D eigenvalue weighted by Gasteiger charge is -2.33. The summed E-state index contributed by atoms with van der Waals surface area (Å²) in [5.41, 5.74) is 15.1. The van der Waals surface area contributed by atoms with E-state index in [1.807, 2.05) is 12.1 Å². The van der Waals surface area contributed by atoms with Crippen molar-refractivity contribution in [1.82, 2.24) is 4.90 Å². The van der Waals surface area contributed by atoms with Crippen LogP contribution in [0.5, 0.6) is 0 Å². The van der Waals surface area contributed by atoms with Gasteiger partial charge in [-0.1, -0.05) is 78.9 Å². The van der Waals surface area contributed by atoms with Crippen LogP contribution in [0.2, 0.25) is 0 Å². The van der Waals surface area contributed by atoms with E-state index < -0.39 is 7.25 Å². The first-order chi connectivity index (χ1) is 23.2. The number of morpholine rings is 1. The minimum atomic E-state index is -6.00. The Kier molecular flexibility index (Phi) is 9.16. The number of fused-ring (bicyclic) bond motifs is 6. The molecule has 1 fully saturated rings. The van der Waals surface area contributed by atoms with E-state index in [0.717, 1.165) is 57.4 Å². The van der Waals surface area contributed by atoms with E-state index in [-0.39, 0.29) is 11.9 Å². The molecule has 1 aromatic heterocycles. The molecule has 0 spiro atoms. The van der Waals surface area contributed by atoms with E-state index in [1.165, 1.54) is 55.9 Å². The average molecular weight is 655 g/mol. The van der Waals surface area contributed by atoms with Crippen molar-refractivity contribution in [2.24, 2.45) is 0 Å². The van der Waals surface area contributed by atoms with Crippen LogP contribution in [0, 0.1) is 5.82 Å². The fraction of sp³-hybridized carbons (Fsp3) is 0.256. The highest BCUT2D eigenvalue weighted by Gasteiger charge is 2.39. The number of hydrogen-bond acceptors (Lipinski definition) is 2. The highest BCUT2D eigenvalue weighted by Crippen LogP contribution is 2.44. The third kappa shape index (κ3) is 6.94. The van der Waals surface area contributed by atoms with Gasteiger partial charge in [-0.2, -0.15) is 4.57 Å². The number of halogens is 5. The molecule has 3 nitrogen and oxygen atoms in total. The molecule has 1 aliphatic heterocycles. The Morgan fingerprint density at radius 1 is 0.688 bits per heavy atom. The topological polar surface area (TPSA) is 16.4 Å². The Balaban J connectivity index is 0.000000681. The molecule has 0 radical (unpaired) electrons. The third-order valence-electron chi connectivity index (χ3n) is 9.54. The van der Waals surface area contributed by atoms with E-state index >= 15 is 0 Å². The Morgan fingerprint density at radius 3 is 1.81 bits per heavy atom. The SMILES string of the molecule is F[B-](F)(F)F.Fc1ccc(CN2CCOC(C[n+]3c4c(c(-c5ccccc5)c5c3-c3ccccc3CC5)CCc3ccccc3-4)C2)cc1. The zero-order valence-corrected chi connectivity index (χ0v) is 26.5. The van der Waals surface area contributed by atoms with Gasteiger partial charge in [0, 0.05) is 47.5 Å². The summed E-state index contributed by atoms with van der Waals surface area (Å²) in [5, 5.41) is 0. The van der Waals surface area contributed by atoms with Crippen LogP contribution in [-0.2, 0) is 43.5 Å². The molecule has 2 heterocycles. The number of aromatic nitrogens is 1. The molecule has 3 aliphatic rings. The van der Waals surface area contributed by atoms with Crippen LogP contribution in [0.15, 0.2) is 103 Å². The number of rotatable bonds is 5. The summed E-state index contributed by atoms with van der Waals surface area (Å²) in [7, 11) is -6.00. The predicted octanol–water partition coefficient (Wildman–Crippen LogP) is 8.51. The Morgan fingerprint density at radius 2 is 1.23 bits per heavy atom. The molecule has 0 amide bonds. The van der Waals surface area contributed by atoms with Crippen LogP contribution in [0.3, 0.4) is 0 Å². The lowest BCUT2D eigenvalue weighted by atomic mass is 9.77. The number of benzene rings is 4. The first-order valence-electron chi connectivity index (χ1n) is 16.5. The van der Waals surface area contributed by atoms with Crippen molar-refractivity contribution >= 4 is 7.25 Å². The highest BCUT2D eigenvalue weighted by atomic mass is 19.5. The normalized spacial score (nSPS) is 16.9. The fourth-order valence-electron chi connectivity index (χ4n) is 7.64. The maximum Gasteiger partial charge on any atom is 0.673 e. The van der Waals surface area contributed by atoms with Crippen LogP contribution < -0.4 is 4.57 Å². The van der Waals surface area contributed by atoms with Crippen molar-refractivity contribution in [1.29, 1.82) is 0 Å². The molecule has 2 aliphatic carbocycles. The van der Waals surface area contributed by atoms with E-state index in [2.05, 4.69) is 88.3 Å². The van der Waals surface area contributed by atoms with E-state index in [0.29, 0.717) is 6.61 Å². The molecule has 5 aromatic rings. The molecular formula is C39H36BF5N2O. The molecule has 1 saturated heterocycles. The molecule has 48 heavy (non-hydrogen) atoms. The van der Waals surface area contributed by atoms with Gasteiger partial charge in [0.2, 0.25) is 11.4 Å². The zero-order valence-electron chi connectivity index (χ0n) is 26.5. The van der Waals surface area contributed by atoms with Gasteiger partial charge in [0.1, 0.15) is 11.9 Å². The van der Waals surface area contributed by atoms with Crippen LogP contribution in [0.25, 0.3) is 33.6 Å². The number of nitrogens with zero attached hydrogens (tertiary/aromatic N) is 2. The minimum absolute atomic E-state index is 0.0538. The van der Waals surface area contributed by atoms with Crippen molar-refractivity contribution in [3.05, 3.63) is 137 Å². The van der Waals surface area contributed by atoms with Crippen LogP contribution in [0.4, 0.5) is 21.7 Å². The van der Waals surface area contributed by atoms with Gasteiger partial charge in [-0.05, 0) is 72.2 Å². The van der Waals surface area contributed by atoms with Crippen LogP contribution in [0.1, 0.15) is 27.8 Å². The van der Waals surface area contributed by atoms with Gasteiger partial charge in [0.05, 0.1) is 6.61 Å². The fourth-order valence-corrected chi connectivity index (χ4v) is 7.64. The third-order valence-corrected chi connectivity index (χ3v) is 9.54. The molecule has 0 N–H and O–H groups in total. The van der Waals surface area contributed by atoms with E-state index in [9.17, 15) is 21.7 Å². The highest BCUT2D eigenvalue weighted by molar-refractivity contribution is 6.50. The van der Waals surface area contributed by atoms with Gasteiger partial charge in [-0.25, -0.2) is 4.39 Å². The summed E-state index contributed by atoms with van der Waals surface area (Å²) in [6.07, 6.45) is 4.24. The first-order valence-corrected chi connectivity index (χ1v) is 16.5. The Hall–Kier alpha value is -4.34. The number of hydrogen-bond donors (Lipinski definition) is 0. The van der Waals surface area contributed by atoms with Crippen molar-refractivity contribution in [2.45, 2.75) is 44.9 Å². The molecule has 246 valence electrons. The lowest BCUT2D eigenvalue weighted by molar-refractivity contribution is -0.684. The van der Waals surface area contributed by atoms with Gasteiger partial charge >= 0.3 is 7.25 Å². The Bertz CT molecular complexity index is 1830. The lowest BCUT2D eigenvalue weighted by Crippen LogP contribution is -2.53.